The van der Waals surface area contributed by atoms with Crippen molar-refractivity contribution in [3.63, 3.8) is 0 Å². The number of piperidine rings is 1. The Bertz CT molecular complexity index is 942. The molecule has 0 spiro atoms. The van der Waals surface area contributed by atoms with E-state index in [0.29, 0.717) is 10.9 Å². The molecular weight excluding hydrogens is 366 g/mol. The molecule has 150 valence electrons. The molecule has 0 radical (unpaired) electrons. The molecule has 0 saturated carbocycles. The van der Waals surface area contributed by atoms with E-state index >= 15 is 0 Å². The van der Waals surface area contributed by atoms with Gasteiger partial charge in [-0.05, 0) is 39.8 Å². The smallest absolute Gasteiger partial charge is 0.407 e. The van der Waals surface area contributed by atoms with E-state index in [1.165, 1.54) is 0 Å². The molecule has 1 aromatic carbocycles. The fourth-order valence-corrected chi connectivity index (χ4v) is 3.59. The van der Waals surface area contributed by atoms with Crippen LogP contribution in [0, 0.1) is 24.1 Å². The van der Waals surface area contributed by atoms with Gasteiger partial charge in [-0.3, -0.25) is 0 Å². The molecule has 2 aromatic rings. The van der Waals surface area contributed by atoms with Gasteiger partial charge < -0.3 is 19.9 Å². The van der Waals surface area contributed by atoms with Gasteiger partial charge in [0.1, 0.15) is 23.7 Å². The van der Waals surface area contributed by atoms with Crippen LogP contribution in [0.15, 0.2) is 12.1 Å². The minimum atomic E-state index is -1.24. The number of hydrogen-bond acceptors (Lipinski definition) is 4. The van der Waals surface area contributed by atoms with Crippen molar-refractivity contribution in [3.8, 4) is 6.07 Å². The third kappa shape index (κ3) is 4.19. The number of aryl methyl sites for hydroxylation is 1. The number of amides is 1. The van der Waals surface area contributed by atoms with Crippen molar-refractivity contribution in [1.29, 1.82) is 5.26 Å². The number of aromatic amines is 1. The van der Waals surface area contributed by atoms with Crippen molar-refractivity contribution in [2.24, 2.45) is 0 Å². The molecule has 2 atom stereocenters. The minimum Gasteiger partial charge on any atom is -0.444 e. The van der Waals surface area contributed by atoms with Crippen LogP contribution in [0.25, 0.3) is 10.9 Å². The number of anilines is 1. The van der Waals surface area contributed by atoms with Crippen molar-refractivity contribution in [1.82, 2.24) is 10.3 Å². The highest BCUT2D eigenvalue weighted by atomic mass is 19.1. The molecule has 0 unspecified atom stereocenters. The molecule has 8 heteroatoms. The van der Waals surface area contributed by atoms with E-state index in [1.54, 1.807) is 31.7 Å². The maximum Gasteiger partial charge on any atom is 0.407 e. The number of carbonyl (C=O) groups excluding carboxylic acids is 1. The van der Waals surface area contributed by atoms with Crippen molar-refractivity contribution < 1.29 is 18.3 Å². The van der Waals surface area contributed by atoms with Crippen LogP contribution in [0.1, 0.15) is 38.4 Å². The summed E-state index contributed by atoms with van der Waals surface area (Å²) in [5.41, 5.74) is 1.06. The average Bonchev–Trinajstić information content (AvgIpc) is 2.92. The number of carbonyl (C=O) groups is 1. The fourth-order valence-electron chi connectivity index (χ4n) is 3.59. The summed E-state index contributed by atoms with van der Waals surface area (Å²) < 4.78 is 34.5. The van der Waals surface area contributed by atoms with Crippen molar-refractivity contribution >= 4 is 22.7 Å². The van der Waals surface area contributed by atoms with Crippen LogP contribution in [-0.4, -0.2) is 42.0 Å². The van der Waals surface area contributed by atoms with Gasteiger partial charge in [-0.15, -0.1) is 0 Å². The van der Waals surface area contributed by atoms with Gasteiger partial charge in [0.2, 0.25) is 0 Å². The lowest BCUT2D eigenvalue weighted by Crippen LogP contribution is -2.52. The second-order valence-electron chi connectivity index (χ2n) is 8.19. The fraction of sp³-hybridized carbons (Fsp3) is 0.500. The number of fused-ring (bicyclic) bond motifs is 1. The lowest BCUT2D eigenvalue weighted by Gasteiger charge is -2.37. The normalized spacial score (nSPS) is 20.1. The number of aromatic nitrogens is 1. The maximum absolute atomic E-state index is 14.9. The first-order valence-electron chi connectivity index (χ1n) is 9.18. The van der Waals surface area contributed by atoms with Crippen LogP contribution in [0.4, 0.5) is 19.3 Å². The third-order valence-corrected chi connectivity index (χ3v) is 4.53. The predicted octanol–water partition coefficient (Wildman–Crippen LogP) is 3.93. The molecule has 6 nitrogen and oxygen atoms in total. The lowest BCUT2D eigenvalue weighted by molar-refractivity contribution is 0.0491. The van der Waals surface area contributed by atoms with Crippen molar-refractivity contribution in [3.05, 3.63) is 29.2 Å². The number of nitrogens with one attached hydrogen (secondary N) is 2. The molecule has 1 saturated heterocycles. The summed E-state index contributed by atoms with van der Waals surface area (Å²) in [6.45, 7) is 7.29. The molecule has 1 fully saturated rings. The summed E-state index contributed by atoms with van der Waals surface area (Å²) in [5, 5.41) is 12.5. The van der Waals surface area contributed by atoms with Crippen molar-refractivity contribution in [2.45, 2.75) is 51.9 Å². The van der Waals surface area contributed by atoms with E-state index in [2.05, 4.69) is 10.3 Å². The molecule has 3 rings (SSSR count). The van der Waals surface area contributed by atoms with Gasteiger partial charge in [-0.2, -0.15) is 5.26 Å². The topological polar surface area (TPSA) is 81.2 Å². The van der Waals surface area contributed by atoms with E-state index in [1.807, 2.05) is 13.0 Å². The summed E-state index contributed by atoms with van der Waals surface area (Å²) in [6, 6.07) is 4.36. The second kappa shape index (κ2) is 7.30. The van der Waals surface area contributed by atoms with E-state index in [9.17, 15) is 18.8 Å². The highest BCUT2D eigenvalue weighted by Crippen LogP contribution is 2.35. The Morgan fingerprint density at radius 3 is 2.75 bits per heavy atom. The van der Waals surface area contributed by atoms with Crippen LogP contribution in [0.3, 0.4) is 0 Å². The molecule has 2 heterocycles. The third-order valence-electron chi connectivity index (χ3n) is 4.53. The molecular formula is C20H24F2N4O2. The molecule has 28 heavy (non-hydrogen) atoms. The van der Waals surface area contributed by atoms with Crippen LogP contribution in [0.5, 0.6) is 0 Å². The molecule has 0 bridgehead atoms. The Morgan fingerprint density at radius 1 is 1.39 bits per heavy atom. The number of rotatable bonds is 2. The average molecular weight is 390 g/mol. The van der Waals surface area contributed by atoms with Gasteiger partial charge in [0, 0.05) is 30.6 Å². The number of hydrogen-bond donors (Lipinski definition) is 2. The first-order chi connectivity index (χ1) is 13.1. The number of halogens is 2. The zero-order chi connectivity index (χ0) is 20.6. The van der Waals surface area contributed by atoms with Gasteiger partial charge in [-0.25, -0.2) is 13.6 Å². The zero-order valence-corrected chi connectivity index (χ0v) is 16.4. The van der Waals surface area contributed by atoms with Gasteiger partial charge in [-0.1, -0.05) is 0 Å². The number of nitriles is 1. The SMILES string of the molecule is Cc1cc2c(N3C[C@@H](F)C[C@H](NC(=O)OC(C)(C)C)C3)c(F)cc(C#N)c2[nH]1. The number of alkyl carbamates (subject to hydrolysis) is 1. The number of alkyl halides is 1. The summed E-state index contributed by atoms with van der Waals surface area (Å²) in [7, 11) is 0. The monoisotopic (exact) mass is 390 g/mol. The molecule has 2 N–H and O–H groups in total. The van der Waals surface area contributed by atoms with E-state index < -0.39 is 29.7 Å². The largest absolute Gasteiger partial charge is 0.444 e. The predicted molar refractivity (Wildman–Crippen MR) is 103 cm³/mol. The number of nitrogens with zero attached hydrogens (tertiary/aromatic N) is 2. The Balaban J connectivity index is 1.90. The molecule has 1 aliphatic heterocycles. The maximum atomic E-state index is 14.9. The highest BCUT2D eigenvalue weighted by molar-refractivity contribution is 5.97. The molecule has 1 amide bonds. The Hall–Kier alpha value is -2.82. The van der Waals surface area contributed by atoms with Crippen LogP contribution in [-0.2, 0) is 4.74 Å². The quantitative estimate of drug-likeness (QED) is 0.814. The van der Waals surface area contributed by atoms with Crippen molar-refractivity contribution in [2.75, 3.05) is 18.0 Å². The summed E-state index contributed by atoms with van der Waals surface area (Å²) >= 11 is 0. The molecule has 1 aliphatic rings. The molecule has 0 aliphatic carbocycles. The van der Waals surface area contributed by atoms with Gasteiger partial charge in [0.25, 0.3) is 0 Å². The van der Waals surface area contributed by atoms with Crippen LogP contribution < -0.4 is 10.2 Å². The Labute approximate surface area is 162 Å². The Morgan fingerprint density at radius 2 is 2.11 bits per heavy atom. The van der Waals surface area contributed by atoms with Gasteiger partial charge in [0.15, 0.2) is 0 Å². The second-order valence-corrected chi connectivity index (χ2v) is 8.19. The summed E-state index contributed by atoms with van der Waals surface area (Å²) in [4.78, 5) is 16.7. The number of ether oxygens (including phenoxy) is 1. The van der Waals surface area contributed by atoms with Crippen LogP contribution in [0.2, 0.25) is 0 Å². The number of H-pyrrole nitrogens is 1. The first kappa shape index (κ1) is 19.9. The van der Waals surface area contributed by atoms with Gasteiger partial charge in [0.05, 0.1) is 22.8 Å². The van der Waals surface area contributed by atoms with E-state index in [-0.39, 0.29) is 30.8 Å². The first-order valence-corrected chi connectivity index (χ1v) is 9.18. The standard InChI is InChI=1S/C20H24F2N4O2/c1-11-5-15-17(24-11)12(8-23)6-16(22)18(15)26-9-13(21)7-14(10-26)25-19(27)28-20(2,3)4/h5-6,13-14,24H,7,9-10H2,1-4H3,(H,25,27)/t13-,14-/m0/s1. The minimum absolute atomic E-state index is 0.00858. The van der Waals surface area contributed by atoms with E-state index in [4.69, 9.17) is 4.74 Å². The Kier molecular flexibility index (Phi) is 5.20. The van der Waals surface area contributed by atoms with Crippen LogP contribution >= 0.6 is 0 Å². The number of benzene rings is 1. The van der Waals surface area contributed by atoms with Gasteiger partial charge >= 0.3 is 6.09 Å². The zero-order valence-electron chi connectivity index (χ0n) is 16.4. The summed E-state index contributed by atoms with van der Waals surface area (Å²) in [6.07, 6.45) is -1.74. The lowest BCUT2D eigenvalue weighted by atomic mass is 10.0. The van der Waals surface area contributed by atoms with E-state index in [0.717, 1.165) is 11.8 Å². The highest BCUT2D eigenvalue weighted by Gasteiger charge is 2.32. The summed E-state index contributed by atoms with van der Waals surface area (Å²) in [5.74, 6) is -0.590. The molecule has 1 aromatic heterocycles.